The van der Waals surface area contributed by atoms with Gasteiger partial charge in [0.2, 0.25) is 0 Å². The van der Waals surface area contributed by atoms with Gasteiger partial charge >= 0.3 is 0 Å². The third-order valence-corrected chi connectivity index (χ3v) is 3.86. The summed E-state index contributed by atoms with van der Waals surface area (Å²) in [6, 6.07) is 7.72. The molecule has 1 aliphatic heterocycles. The average molecular weight is 276 g/mol. The van der Waals surface area contributed by atoms with Crippen molar-refractivity contribution in [1.82, 2.24) is 10.2 Å². The van der Waals surface area contributed by atoms with Crippen LogP contribution in [-0.4, -0.2) is 43.6 Å². The van der Waals surface area contributed by atoms with E-state index in [1.54, 1.807) is 7.11 Å². The van der Waals surface area contributed by atoms with E-state index in [9.17, 15) is 4.79 Å². The highest BCUT2D eigenvalue weighted by atomic mass is 16.5. The monoisotopic (exact) mass is 276 g/mol. The number of nitrogens with one attached hydrogen (secondary N) is 1. The molecular weight excluding hydrogens is 252 g/mol. The number of amides is 1. The van der Waals surface area contributed by atoms with Crippen LogP contribution >= 0.6 is 0 Å². The third kappa shape index (κ3) is 3.51. The van der Waals surface area contributed by atoms with Crippen molar-refractivity contribution in [3.05, 3.63) is 29.8 Å². The molecule has 1 N–H and O–H groups in total. The van der Waals surface area contributed by atoms with Gasteiger partial charge in [0.25, 0.3) is 5.91 Å². The van der Waals surface area contributed by atoms with Crippen LogP contribution in [0.1, 0.15) is 30.6 Å². The molecular formula is C16H24N2O2. The van der Waals surface area contributed by atoms with Crippen molar-refractivity contribution in [2.45, 2.75) is 26.3 Å². The summed E-state index contributed by atoms with van der Waals surface area (Å²) in [6.07, 6.45) is 1.01. The zero-order chi connectivity index (χ0) is 14.5. The van der Waals surface area contributed by atoms with E-state index in [1.165, 1.54) is 0 Å². The van der Waals surface area contributed by atoms with E-state index in [0.717, 1.165) is 37.4 Å². The molecule has 0 aliphatic carbocycles. The molecule has 1 aromatic carbocycles. The van der Waals surface area contributed by atoms with Crippen LogP contribution in [0.15, 0.2) is 24.3 Å². The van der Waals surface area contributed by atoms with Gasteiger partial charge in [0, 0.05) is 24.7 Å². The molecule has 1 saturated heterocycles. The lowest BCUT2D eigenvalue weighted by molar-refractivity contribution is 0.0745. The number of nitrogens with zero attached hydrogens (tertiary/aromatic N) is 1. The Morgan fingerprint density at radius 1 is 1.35 bits per heavy atom. The summed E-state index contributed by atoms with van der Waals surface area (Å²) in [4.78, 5) is 14.5. The first kappa shape index (κ1) is 14.9. The van der Waals surface area contributed by atoms with Gasteiger partial charge in [0.15, 0.2) is 0 Å². The van der Waals surface area contributed by atoms with Gasteiger partial charge in [-0.25, -0.2) is 0 Å². The Hall–Kier alpha value is -1.55. The molecule has 0 aromatic heterocycles. The molecule has 1 aliphatic rings. The van der Waals surface area contributed by atoms with Crippen molar-refractivity contribution in [2.24, 2.45) is 5.92 Å². The second kappa shape index (κ2) is 6.75. The van der Waals surface area contributed by atoms with Crippen LogP contribution in [0.25, 0.3) is 0 Å². The SMILES string of the molecule is COc1ccc(C(=O)N2CCCNC(C(C)C)C2)cc1. The lowest BCUT2D eigenvalue weighted by Crippen LogP contribution is -2.43. The maximum atomic E-state index is 12.6. The van der Waals surface area contributed by atoms with Crippen LogP contribution < -0.4 is 10.1 Å². The standard InChI is InChI=1S/C16H24N2O2/c1-12(2)15-11-18(10-4-9-17-15)16(19)13-5-7-14(20-3)8-6-13/h5-8,12,15,17H,4,9-11H2,1-3H3. The lowest BCUT2D eigenvalue weighted by atomic mass is 10.0. The van der Waals surface area contributed by atoms with Crippen LogP contribution in [0.5, 0.6) is 5.75 Å². The van der Waals surface area contributed by atoms with Crippen molar-refractivity contribution in [3.8, 4) is 5.75 Å². The lowest BCUT2D eigenvalue weighted by Gasteiger charge is -2.27. The Kier molecular flexibility index (Phi) is 5.01. The molecule has 0 bridgehead atoms. The van der Waals surface area contributed by atoms with E-state index in [1.807, 2.05) is 29.2 Å². The van der Waals surface area contributed by atoms with Gasteiger partial charge < -0.3 is 15.0 Å². The van der Waals surface area contributed by atoms with Crippen molar-refractivity contribution in [3.63, 3.8) is 0 Å². The zero-order valence-electron chi connectivity index (χ0n) is 12.6. The van der Waals surface area contributed by atoms with E-state index in [0.29, 0.717) is 12.0 Å². The summed E-state index contributed by atoms with van der Waals surface area (Å²) < 4.78 is 5.13. The highest BCUT2D eigenvalue weighted by molar-refractivity contribution is 5.94. The number of rotatable bonds is 3. The number of hydrogen-bond acceptors (Lipinski definition) is 3. The molecule has 1 unspecified atom stereocenters. The molecule has 0 saturated carbocycles. The van der Waals surface area contributed by atoms with Crippen molar-refractivity contribution in [1.29, 1.82) is 0 Å². The number of carbonyl (C=O) groups is 1. The fourth-order valence-corrected chi connectivity index (χ4v) is 2.50. The summed E-state index contributed by atoms with van der Waals surface area (Å²) in [5.74, 6) is 1.42. The highest BCUT2D eigenvalue weighted by Crippen LogP contribution is 2.15. The molecule has 1 atom stereocenters. The van der Waals surface area contributed by atoms with Gasteiger partial charge in [-0.15, -0.1) is 0 Å². The second-order valence-corrected chi connectivity index (χ2v) is 5.64. The smallest absolute Gasteiger partial charge is 0.253 e. The van der Waals surface area contributed by atoms with E-state index >= 15 is 0 Å². The fourth-order valence-electron chi connectivity index (χ4n) is 2.50. The fraction of sp³-hybridized carbons (Fsp3) is 0.562. The summed E-state index contributed by atoms with van der Waals surface area (Å²) in [5, 5.41) is 3.52. The van der Waals surface area contributed by atoms with Crippen molar-refractivity contribution < 1.29 is 9.53 Å². The number of ether oxygens (including phenoxy) is 1. The normalized spacial score (nSPS) is 19.8. The van der Waals surface area contributed by atoms with E-state index < -0.39 is 0 Å². The van der Waals surface area contributed by atoms with Crippen LogP contribution in [0, 0.1) is 5.92 Å². The summed E-state index contributed by atoms with van der Waals surface area (Å²) >= 11 is 0. The Bertz CT molecular complexity index is 442. The van der Waals surface area contributed by atoms with Gasteiger partial charge in [-0.1, -0.05) is 13.8 Å². The number of benzene rings is 1. The molecule has 0 spiro atoms. The molecule has 4 heteroatoms. The summed E-state index contributed by atoms with van der Waals surface area (Å²) in [5.41, 5.74) is 0.732. The number of carbonyl (C=O) groups excluding carboxylic acids is 1. The Morgan fingerprint density at radius 2 is 2.05 bits per heavy atom. The van der Waals surface area contributed by atoms with Crippen LogP contribution in [0.2, 0.25) is 0 Å². The first-order valence-corrected chi connectivity index (χ1v) is 7.28. The maximum absolute atomic E-state index is 12.6. The van der Waals surface area contributed by atoms with E-state index in [-0.39, 0.29) is 5.91 Å². The van der Waals surface area contributed by atoms with E-state index in [4.69, 9.17) is 4.74 Å². The highest BCUT2D eigenvalue weighted by Gasteiger charge is 2.24. The van der Waals surface area contributed by atoms with Gasteiger partial charge in [-0.3, -0.25) is 4.79 Å². The minimum absolute atomic E-state index is 0.113. The molecule has 110 valence electrons. The number of methoxy groups -OCH3 is 1. The molecule has 1 fully saturated rings. The van der Waals surface area contributed by atoms with Crippen molar-refractivity contribution in [2.75, 3.05) is 26.7 Å². The molecule has 20 heavy (non-hydrogen) atoms. The quantitative estimate of drug-likeness (QED) is 0.920. The van der Waals surface area contributed by atoms with Crippen molar-refractivity contribution >= 4 is 5.91 Å². The maximum Gasteiger partial charge on any atom is 0.253 e. The van der Waals surface area contributed by atoms with Crippen LogP contribution in [0.4, 0.5) is 0 Å². The van der Waals surface area contributed by atoms with Crippen LogP contribution in [-0.2, 0) is 0 Å². The number of hydrogen-bond donors (Lipinski definition) is 1. The molecule has 4 nitrogen and oxygen atoms in total. The van der Waals surface area contributed by atoms with Gasteiger partial charge in [0.1, 0.15) is 5.75 Å². The predicted octanol–water partition coefficient (Wildman–Crippen LogP) is 2.16. The largest absolute Gasteiger partial charge is 0.497 e. The summed E-state index contributed by atoms with van der Waals surface area (Å²) in [7, 11) is 1.63. The zero-order valence-corrected chi connectivity index (χ0v) is 12.6. The first-order valence-electron chi connectivity index (χ1n) is 7.28. The molecule has 1 heterocycles. The molecule has 1 amide bonds. The van der Waals surface area contributed by atoms with Gasteiger partial charge in [-0.05, 0) is 43.1 Å². The minimum Gasteiger partial charge on any atom is -0.497 e. The topological polar surface area (TPSA) is 41.6 Å². The first-order chi connectivity index (χ1) is 9.61. The minimum atomic E-state index is 0.113. The molecule has 0 radical (unpaired) electrons. The molecule has 2 rings (SSSR count). The Morgan fingerprint density at radius 3 is 2.65 bits per heavy atom. The molecule has 1 aromatic rings. The summed E-state index contributed by atoms with van der Waals surface area (Å²) in [6.45, 7) is 6.97. The second-order valence-electron chi connectivity index (χ2n) is 5.64. The average Bonchev–Trinajstić information content (AvgIpc) is 2.72. The van der Waals surface area contributed by atoms with Gasteiger partial charge in [0.05, 0.1) is 7.11 Å². The van der Waals surface area contributed by atoms with Crippen LogP contribution in [0.3, 0.4) is 0 Å². The Balaban J connectivity index is 2.09. The van der Waals surface area contributed by atoms with Gasteiger partial charge in [-0.2, -0.15) is 0 Å². The predicted molar refractivity (Wildman–Crippen MR) is 80.1 cm³/mol. The van der Waals surface area contributed by atoms with E-state index in [2.05, 4.69) is 19.2 Å². The third-order valence-electron chi connectivity index (χ3n) is 3.86. The Labute approximate surface area is 121 Å².